The fourth-order valence-electron chi connectivity index (χ4n) is 1.40. The van der Waals surface area contributed by atoms with Crippen molar-refractivity contribution in [1.82, 2.24) is 9.97 Å². The lowest BCUT2D eigenvalue weighted by atomic mass is 10.1. The molecule has 0 saturated heterocycles. The maximum Gasteiger partial charge on any atom is 0.182 e. The summed E-state index contributed by atoms with van der Waals surface area (Å²) in [6.07, 6.45) is 0. The third kappa shape index (κ3) is 1.63. The predicted octanol–water partition coefficient (Wildman–Crippen LogP) is 2.90. The quantitative estimate of drug-likeness (QED) is 0.757. The van der Waals surface area contributed by atoms with Crippen molar-refractivity contribution in [3.63, 3.8) is 0 Å². The van der Waals surface area contributed by atoms with Crippen molar-refractivity contribution in [3.8, 4) is 11.3 Å². The van der Waals surface area contributed by atoms with Crippen LogP contribution in [0, 0.1) is 18.6 Å². The van der Waals surface area contributed by atoms with E-state index >= 15 is 0 Å². The predicted molar refractivity (Wildman–Crippen MR) is 58.1 cm³/mol. The van der Waals surface area contributed by atoms with Gasteiger partial charge in [-0.1, -0.05) is 11.6 Å². The number of nitrogens with two attached hydrogens (primary N) is 1. The zero-order valence-electron chi connectivity index (χ0n) is 8.31. The van der Waals surface area contributed by atoms with Gasteiger partial charge in [-0.3, -0.25) is 0 Å². The van der Waals surface area contributed by atoms with Gasteiger partial charge in [0.1, 0.15) is 5.82 Å². The summed E-state index contributed by atoms with van der Waals surface area (Å²) in [6, 6.07) is 2.63. The minimum atomic E-state index is -1.08. The molecule has 16 heavy (non-hydrogen) atoms. The van der Waals surface area contributed by atoms with Gasteiger partial charge in [0.05, 0.1) is 11.4 Å². The molecule has 0 atom stereocenters. The molecule has 0 spiro atoms. The van der Waals surface area contributed by atoms with E-state index in [1.54, 1.807) is 6.92 Å². The molecule has 0 aliphatic heterocycles. The molecule has 3 nitrogen and oxygen atoms in total. The van der Waals surface area contributed by atoms with Crippen LogP contribution in [-0.4, -0.2) is 9.97 Å². The molecular formula is C10H8ClF2N3. The van der Waals surface area contributed by atoms with E-state index in [-0.39, 0.29) is 22.1 Å². The second-order valence-corrected chi connectivity index (χ2v) is 3.68. The molecule has 0 radical (unpaired) electrons. The Kier molecular flexibility index (Phi) is 2.55. The first-order valence-corrected chi connectivity index (χ1v) is 4.84. The van der Waals surface area contributed by atoms with Gasteiger partial charge in [0.2, 0.25) is 0 Å². The standard InChI is InChI=1S/C10H8ClF2N3/c1-4-15-9(10(11)16-4)5-2-3-6(14)8(13)7(5)12/h2-3H,14H2,1H3,(H,15,16). The number of aromatic amines is 1. The summed E-state index contributed by atoms with van der Waals surface area (Å²) in [5, 5.41) is 0.0978. The molecular weight excluding hydrogens is 236 g/mol. The number of aromatic nitrogens is 2. The van der Waals surface area contributed by atoms with Crippen molar-refractivity contribution < 1.29 is 8.78 Å². The second-order valence-electron chi connectivity index (χ2n) is 3.32. The highest BCUT2D eigenvalue weighted by molar-refractivity contribution is 6.31. The summed E-state index contributed by atoms with van der Waals surface area (Å²) < 4.78 is 26.8. The van der Waals surface area contributed by atoms with Crippen LogP contribution >= 0.6 is 11.6 Å². The van der Waals surface area contributed by atoms with E-state index in [0.29, 0.717) is 5.82 Å². The van der Waals surface area contributed by atoms with E-state index in [0.717, 1.165) is 0 Å². The Hall–Kier alpha value is -1.62. The maximum absolute atomic E-state index is 13.6. The average molecular weight is 244 g/mol. The van der Waals surface area contributed by atoms with E-state index in [9.17, 15) is 8.78 Å². The van der Waals surface area contributed by atoms with E-state index in [4.69, 9.17) is 17.3 Å². The van der Waals surface area contributed by atoms with Gasteiger partial charge in [0, 0.05) is 5.56 Å². The Morgan fingerprint density at radius 3 is 2.56 bits per heavy atom. The van der Waals surface area contributed by atoms with Crippen LogP contribution in [0.4, 0.5) is 14.5 Å². The molecule has 1 aromatic carbocycles. The van der Waals surface area contributed by atoms with Crippen LogP contribution in [-0.2, 0) is 0 Å². The van der Waals surface area contributed by atoms with E-state index in [2.05, 4.69) is 9.97 Å². The number of hydrogen-bond donors (Lipinski definition) is 2. The number of aryl methyl sites for hydroxylation is 1. The van der Waals surface area contributed by atoms with Gasteiger partial charge in [0.15, 0.2) is 16.8 Å². The molecule has 0 fully saturated rings. The van der Waals surface area contributed by atoms with Gasteiger partial charge in [-0.05, 0) is 19.1 Å². The first-order valence-electron chi connectivity index (χ1n) is 4.46. The Bertz CT molecular complexity index is 551. The van der Waals surface area contributed by atoms with Gasteiger partial charge in [-0.15, -0.1) is 0 Å². The molecule has 0 amide bonds. The van der Waals surface area contributed by atoms with Crippen molar-refractivity contribution in [2.45, 2.75) is 6.92 Å². The number of nitrogen functional groups attached to an aromatic ring is 1. The number of benzene rings is 1. The summed E-state index contributed by atoms with van der Waals surface area (Å²) >= 11 is 5.78. The Morgan fingerprint density at radius 2 is 2.00 bits per heavy atom. The first kappa shape index (κ1) is 10.9. The summed E-state index contributed by atoms with van der Waals surface area (Å²) in [7, 11) is 0. The minimum Gasteiger partial charge on any atom is -0.396 e. The summed E-state index contributed by atoms with van der Waals surface area (Å²) in [4.78, 5) is 6.63. The van der Waals surface area contributed by atoms with Gasteiger partial charge < -0.3 is 10.7 Å². The largest absolute Gasteiger partial charge is 0.396 e. The molecule has 6 heteroatoms. The SMILES string of the molecule is Cc1nc(Cl)c(-c2ccc(N)c(F)c2F)[nH]1. The molecule has 0 aliphatic rings. The van der Waals surface area contributed by atoms with Crippen LogP contribution in [0.15, 0.2) is 12.1 Å². The number of anilines is 1. The molecule has 0 saturated carbocycles. The van der Waals surface area contributed by atoms with Crippen LogP contribution in [0.3, 0.4) is 0 Å². The first-order chi connectivity index (χ1) is 7.50. The van der Waals surface area contributed by atoms with Crippen LogP contribution in [0.2, 0.25) is 5.15 Å². The number of imidazole rings is 1. The van der Waals surface area contributed by atoms with Gasteiger partial charge in [-0.25, -0.2) is 13.8 Å². The molecule has 0 unspecified atom stereocenters. The molecule has 1 heterocycles. The Balaban J connectivity index is 2.65. The highest BCUT2D eigenvalue weighted by Gasteiger charge is 2.17. The summed E-state index contributed by atoms with van der Waals surface area (Å²) in [5.74, 6) is -1.59. The van der Waals surface area contributed by atoms with Gasteiger partial charge in [0.25, 0.3) is 0 Å². The molecule has 84 valence electrons. The van der Waals surface area contributed by atoms with Crippen molar-refractivity contribution in [2.75, 3.05) is 5.73 Å². The third-order valence-electron chi connectivity index (χ3n) is 2.16. The monoisotopic (exact) mass is 243 g/mol. The number of hydrogen-bond acceptors (Lipinski definition) is 2. The second kappa shape index (κ2) is 3.75. The number of halogens is 3. The number of nitrogens with one attached hydrogen (secondary N) is 1. The molecule has 2 aromatic rings. The Morgan fingerprint density at radius 1 is 1.31 bits per heavy atom. The van der Waals surface area contributed by atoms with E-state index < -0.39 is 11.6 Å². The van der Waals surface area contributed by atoms with Gasteiger partial charge in [-0.2, -0.15) is 0 Å². The topological polar surface area (TPSA) is 54.7 Å². The third-order valence-corrected chi connectivity index (χ3v) is 2.43. The number of nitrogens with zero attached hydrogens (tertiary/aromatic N) is 1. The van der Waals surface area contributed by atoms with Crippen molar-refractivity contribution >= 4 is 17.3 Å². The fourth-order valence-corrected chi connectivity index (χ4v) is 1.68. The molecule has 0 aliphatic carbocycles. The Labute approximate surface area is 95.3 Å². The number of rotatable bonds is 1. The van der Waals surface area contributed by atoms with E-state index in [1.165, 1.54) is 12.1 Å². The van der Waals surface area contributed by atoms with E-state index in [1.807, 2.05) is 0 Å². The summed E-state index contributed by atoms with van der Waals surface area (Å²) in [6.45, 7) is 1.67. The summed E-state index contributed by atoms with van der Waals surface area (Å²) in [5.41, 5.74) is 5.25. The molecule has 1 aromatic heterocycles. The van der Waals surface area contributed by atoms with Crippen molar-refractivity contribution in [3.05, 3.63) is 34.7 Å². The highest BCUT2D eigenvalue weighted by Crippen LogP contribution is 2.30. The lowest BCUT2D eigenvalue weighted by Crippen LogP contribution is -1.97. The average Bonchev–Trinajstić information content (AvgIpc) is 2.55. The van der Waals surface area contributed by atoms with Crippen molar-refractivity contribution in [2.24, 2.45) is 0 Å². The van der Waals surface area contributed by atoms with Crippen LogP contribution < -0.4 is 5.73 Å². The molecule has 3 N–H and O–H groups in total. The van der Waals surface area contributed by atoms with Crippen molar-refractivity contribution in [1.29, 1.82) is 0 Å². The maximum atomic E-state index is 13.6. The molecule has 2 rings (SSSR count). The lowest BCUT2D eigenvalue weighted by Gasteiger charge is -2.04. The zero-order chi connectivity index (χ0) is 11.9. The fraction of sp³-hybridized carbons (Fsp3) is 0.100. The molecule has 0 bridgehead atoms. The lowest BCUT2D eigenvalue weighted by molar-refractivity contribution is 0.514. The van der Waals surface area contributed by atoms with Crippen LogP contribution in [0.25, 0.3) is 11.3 Å². The normalized spacial score (nSPS) is 10.8. The highest BCUT2D eigenvalue weighted by atomic mass is 35.5. The van der Waals surface area contributed by atoms with Crippen LogP contribution in [0.5, 0.6) is 0 Å². The smallest absolute Gasteiger partial charge is 0.182 e. The van der Waals surface area contributed by atoms with Gasteiger partial charge >= 0.3 is 0 Å². The van der Waals surface area contributed by atoms with Crippen LogP contribution in [0.1, 0.15) is 5.82 Å². The minimum absolute atomic E-state index is 0.0114. The zero-order valence-corrected chi connectivity index (χ0v) is 9.07. The number of H-pyrrole nitrogens is 1.